The Hall–Kier alpha value is -2.86. The van der Waals surface area contributed by atoms with E-state index in [1.807, 2.05) is 24.3 Å². The van der Waals surface area contributed by atoms with E-state index in [9.17, 15) is 14.4 Å². The fraction of sp³-hybridized carbons (Fsp3) is 0.286. The highest BCUT2D eigenvalue weighted by Gasteiger charge is 2.33. The van der Waals surface area contributed by atoms with E-state index in [4.69, 9.17) is 11.6 Å². The molecule has 1 aliphatic carbocycles. The highest BCUT2D eigenvalue weighted by atomic mass is 35.5. The molecule has 0 bridgehead atoms. The summed E-state index contributed by atoms with van der Waals surface area (Å²) in [6.45, 7) is 0.114. The number of aromatic nitrogens is 2. The number of fused-ring (bicyclic) bond motifs is 1. The molecular formula is C21H20ClN3O3. The summed E-state index contributed by atoms with van der Waals surface area (Å²) in [6, 6.07) is 14.1. The quantitative estimate of drug-likeness (QED) is 0.670. The number of hydrogen-bond acceptors (Lipinski definition) is 3. The summed E-state index contributed by atoms with van der Waals surface area (Å²) in [5, 5.41) is 6.98. The van der Waals surface area contributed by atoms with Crippen LogP contribution in [-0.4, -0.2) is 15.7 Å². The number of aryl methyl sites for hydroxylation is 1. The zero-order valence-electron chi connectivity index (χ0n) is 15.2. The zero-order valence-corrected chi connectivity index (χ0v) is 15.9. The van der Waals surface area contributed by atoms with Crippen molar-refractivity contribution in [1.29, 1.82) is 0 Å². The number of H-pyrrole nitrogens is 1. The van der Waals surface area contributed by atoms with E-state index in [0.717, 1.165) is 18.4 Å². The van der Waals surface area contributed by atoms with Gasteiger partial charge in [0.1, 0.15) is 0 Å². The van der Waals surface area contributed by atoms with Gasteiger partial charge in [0.05, 0.1) is 23.4 Å². The zero-order chi connectivity index (χ0) is 19.7. The monoisotopic (exact) mass is 397 g/mol. The van der Waals surface area contributed by atoms with Gasteiger partial charge in [0.25, 0.3) is 11.1 Å². The van der Waals surface area contributed by atoms with Gasteiger partial charge < -0.3 is 5.32 Å². The summed E-state index contributed by atoms with van der Waals surface area (Å²) >= 11 is 5.96. The van der Waals surface area contributed by atoms with Gasteiger partial charge in [0.15, 0.2) is 0 Å². The summed E-state index contributed by atoms with van der Waals surface area (Å²) in [5.74, 6) is 0.265. The van der Waals surface area contributed by atoms with Crippen LogP contribution in [0.4, 0.5) is 0 Å². The van der Waals surface area contributed by atoms with Crippen LogP contribution >= 0.6 is 11.6 Å². The average molecular weight is 398 g/mol. The van der Waals surface area contributed by atoms with E-state index in [-0.39, 0.29) is 36.0 Å². The second-order valence-electron chi connectivity index (χ2n) is 7.13. The van der Waals surface area contributed by atoms with Crippen molar-refractivity contribution in [2.45, 2.75) is 31.8 Å². The smallest absolute Gasteiger partial charge is 0.273 e. The molecule has 2 N–H and O–H groups in total. The lowest BCUT2D eigenvalue weighted by atomic mass is 10.0. The van der Waals surface area contributed by atoms with Gasteiger partial charge in [0, 0.05) is 11.4 Å². The molecule has 1 atom stereocenters. The normalized spacial score (nSPS) is 14.8. The predicted octanol–water partition coefficient (Wildman–Crippen LogP) is 3.00. The highest BCUT2D eigenvalue weighted by Crippen LogP contribution is 2.41. The lowest BCUT2D eigenvalue weighted by Crippen LogP contribution is -2.34. The maximum absolute atomic E-state index is 12.5. The first-order chi connectivity index (χ1) is 13.5. The Bertz CT molecular complexity index is 1130. The van der Waals surface area contributed by atoms with Gasteiger partial charge in [-0.2, -0.15) is 0 Å². The molecule has 0 unspecified atom stereocenters. The number of carbonyl (C=O) groups is 1. The molecule has 28 heavy (non-hydrogen) atoms. The van der Waals surface area contributed by atoms with E-state index in [0.29, 0.717) is 21.7 Å². The molecule has 1 saturated carbocycles. The van der Waals surface area contributed by atoms with E-state index < -0.39 is 0 Å². The Morgan fingerprint density at radius 3 is 2.46 bits per heavy atom. The molecule has 2 aromatic carbocycles. The van der Waals surface area contributed by atoms with Crippen LogP contribution in [0.3, 0.4) is 0 Å². The third-order valence-corrected chi connectivity index (χ3v) is 5.34. The maximum Gasteiger partial charge on any atom is 0.273 e. The summed E-state index contributed by atoms with van der Waals surface area (Å²) in [4.78, 5) is 37.2. The number of rotatable bonds is 6. The van der Waals surface area contributed by atoms with Gasteiger partial charge in [-0.15, -0.1) is 0 Å². The minimum Gasteiger partial charge on any atom is -0.349 e. The Morgan fingerprint density at radius 2 is 1.79 bits per heavy atom. The molecule has 0 spiro atoms. The van der Waals surface area contributed by atoms with Crippen LogP contribution in [-0.2, 0) is 11.3 Å². The Balaban J connectivity index is 1.47. The first-order valence-corrected chi connectivity index (χ1v) is 9.67. The maximum atomic E-state index is 12.5. The molecule has 1 aromatic heterocycles. The van der Waals surface area contributed by atoms with Crippen molar-refractivity contribution in [2.75, 3.05) is 0 Å². The minimum absolute atomic E-state index is 0.0582. The number of amides is 1. The minimum atomic E-state index is -0.340. The van der Waals surface area contributed by atoms with E-state index >= 15 is 0 Å². The first kappa shape index (κ1) is 18.5. The van der Waals surface area contributed by atoms with Crippen molar-refractivity contribution in [3.05, 3.63) is 79.8 Å². The van der Waals surface area contributed by atoms with Crippen LogP contribution in [0.5, 0.6) is 0 Å². The van der Waals surface area contributed by atoms with Gasteiger partial charge in [-0.3, -0.25) is 19.5 Å². The number of halogens is 1. The molecule has 7 heteroatoms. The van der Waals surface area contributed by atoms with E-state index in [1.165, 1.54) is 4.68 Å². The predicted molar refractivity (Wildman–Crippen MR) is 109 cm³/mol. The Kier molecular flexibility index (Phi) is 5.05. The van der Waals surface area contributed by atoms with Crippen molar-refractivity contribution in [1.82, 2.24) is 15.1 Å². The molecule has 1 amide bonds. The molecule has 1 aliphatic rings. The Morgan fingerprint density at radius 1 is 1.11 bits per heavy atom. The lowest BCUT2D eigenvalue weighted by molar-refractivity contribution is -0.122. The molecule has 0 radical (unpaired) electrons. The van der Waals surface area contributed by atoms with Crippen LogP contribution in [0.25, 0.3) is 10.8 Å². The number of carbonyl (C=O) groups excluding carboxylic acids is 1. The standard InChI is InChI=1S/C21H20ClN3O3/c22-15-9-7-14(8-10-15)19(13-5-6-13)23-18(26)11-12-25-21(28)17-4-2-1-3-16(17)20(27)24-25/h1-4,7-10,13,19H,5-6,11-12H2,(H,23,26)(H,24,27)/t19-/m1/s1. The van der Waals surface area contributed by atoms with Crippen molar-refractivity contribution >= 4 is 28.3 Å². The van der Waals surface area contributed by atoms with Crippen LogP contribution in [0.1, 0.15) is 30.9 Å². The Labute approximate surface area is 166 Å². The van der Waals surface area contributed by atoms with Crippen LogP contribution in [0, 0.1) is 5.92 Å². The number of nitrogens with zero attached hydrogens (tertiary/aromatic N) is 1. The molecule has 4 rings (SSSR count). The van der Waals surface area contributed by atoms with E-state index in [2.05, 4.69) is 10.4 Å². The third-order valence-electron chi connectivity index (χ3n) is 5.09. The molecule has 1 fully saturated rings. The van der Waals surface area contributed by atoms with E-state index in [1.54, 1.807) is 24.3 Å². The van der Waals surface area contributed by atoms with Gasteiger partial charge in [-0.25, -0.2) is 4.68 Å². The largest absolute Gasteiger partial charge is 0.349 e. The van der Waals surface area contributed by atoms with Gasteiger partial charge in [0.2, 0.25) is 5.91 Å². The van der Waals surface area contributed by atoms with Crippen LogP contribution < -0.4 is 16.4 Å². The average Bonchev–Trinajstić information content (AvgIpc) is 3.54. The number of nitrogens with one attached hydrogen (secondary N) is 2. The molecule has 6 nitrogen and oxygen atoms in total. The summed E-state index contributed by atoms with van der Waals surface area (Å²) in [7, 11) is 0. The van der Waals surface area contributed by atoms with Crippen LogP contribution in [0.15, 0.2) is 58.1 Å². The SMILES string of the molecule is O=C(CCn1[nH]c(=O)c2ccccc2c1=O)N[C@@H](c1ccc(Cl)cc1)C1CC1. The molecule has 0 aliphatic heterocycles. The summed E-state index contributed by atoms with van der Waals surface area (Å²) in [5.41, 5.74) is 0.378. The van der Waals surface area contributed by atoms with Gasteiger partial charge >= 0.3 is 0 Å². The fourth-order valence-electron chi connectivity index (χ4n) is 3.44. The van der Waals surface area contributed by atoms with Gasteiger partial charge in [-0.1, -0.05) is 35.9 Å². The fourth-order valence-corrected chi connectivity index (χ4v) is 3.56. The highest BCUT2D eigenvalue weighted by molar-refractivity contribution is 6.30. The molecule has 1 heterocycles. The second kappa shape index (κ2) is 7.64. The van der Waals surface area contributed by atoms with Crippen LogP contribution in [0.2, 0.25) is 5.02 Å². The topological polar surface area (TPSA) is 84.0 Å². The van der Waals surface area contributed by atoms with Gasteiger partial charge in [-0.05, 0) is 48.6 Å². The number of hydrogen-bond donors (Lipinski definition) is 2. The first-order valence-electron chi connectivity index (χ1n) is 9.29. The molecular weight excluding hydrogens is 378 g/mol. The second-order valence-corrected chi connectivity index (χ2v) is 7.56. The number of aromatic amines is 1. The van der Waals surface area contributed by atoms with Crippen molar-refractivity contribution in [3.63, 3.8) is 0 Å². The van der Waals surface area contributed by atoms with Crippen molar-refractivity contribution in [3.8, 4) is 0 Å². The van der Waals surface area contributed by atoms with Crippen molar-refractivity contribution in [2.24, 2.45) is 5.92 Å². The summed E-state index contributed by atoms with van der Waals surface area (Å²) < 4.78 is 1.21. The van der Waals surface area contributed by atoms with Crippen molar-refractivity contribution < 1.29 is 4.79 Å². The molecule has 144 valence electrons. The summed E-state index contributed by atoms with van der Waals surface area (Å²) in [6.07, 6.45) is 2.25. The lowest BCUT2D eigenvalue weighted by Gasteiger charge is -2.19. The third kappa shape index (κ3) is 3.87. The molecule has 3 aromatic rings. The number of benzene rings is 2. The molecule has 0 saturated heterocycles.